The van der Waals surface area contributed by atoms with E-state index < -0.39 is 42.2 Å². The lowest BCUT2D eigenvalue weighted by Crippen LogP contribution is -2.43. The van der Waals surface area contributed by atoms with Crippen LogP contribution in [0.4, 0.5) is 20.1 Å². The first kappa shape index (κ1) is 27.2. The van der Waals surface area contributed by atoms with Crippen LogP contribution >= 0.6 is 0 Å². The molecule has 34 heavy (non-hydrogen) atoms. The van der Waals surface area contributed by atoms with E-state index in [1.807, 2.05) is 0 Å². The molecule has 0 aliphatic rings. The number of hydrogen-bond acceptors (Lipinski definition) is 8. The number of fused-ring (bicyclic) bond motifs is 1. The van der Waals surface area contributed by atoms with Crippen molar-refractivity contribution in [2.24, 2.45) is 0 Å². The molecule has 0 atom stereocenters. The zero-order chi connectivity index (χ0) is 26.2. The standard InChI is InChI=1S/C23H33BN2O8/c1-21(2,3)32-18(27)25(19(28)33-22(4,5)6)15-10-11-16-14(12-15)13-17(24(30)31)26(16)20(29)34-23(7,8)9/h10-13,30-31H,1-9H3. The lowest BCUT2D eigenvalue weighted by Gasteiger charge is -2.28. The van der Waals surface area contributed by atoms with Crippen molar-refractivity contribution in [3.8, 4) is 0 Å². The summed E-state index contributed by atoms with van der Waals surface area (Å²) in [5, 5.41) is 20.0. The molecule has 2 amide bonds. The Morgan fingerprint density at radius 2 is 1.26 bits per heavy atom. The van der Waals surface area contributed by atoms with Crippen molar-refractivity contribution in [3.05, 3.63) is 24.3 Å². The SMILES string of the molecule is CC(C)(C)OC(=O)N(C(=O)OC(C)(C)C)c1ccc2c(c1)cc(B(O)O)n2C(=O)OC(C)(C)C. The van der Waals surface area contributed by atoms with E-state index in [1.54, 1.807) is 62.3 Å². The highest BCUT2D eigenvalue weighted by atomic mass is 16.6. The summed E-state index contributed by atoms with van der Waals surface area (Å²) in [5.41, 5.74) is -2.32. The summed E-state index contributed by atoms with van der Waals surface area (Å²) in [4.78, 5) is 39.3. The van der Waals surface area contributed by atoms with Gasteiger partial charge in [0.2, 0.25) is 0 Å². The Bertz CT molecular complexity index is 1060. The maximum atomic E-state index is 12.9. The van der Waals surface area contributed by atoms with E-state index in [4.69, 9.17) is 14.2 Å². The summed E-state index contributed by atoms with van der Waals surface area (Å²) in [7, 11) is -1.98. The third-order valence-corrected chi connectivity index (χ3v) is 4.06. The predicted molar refractivity (Wildman–Crippen MR) is 128 cm³/mol. The van der Waals surface area contributed by atoms with E-state index in [0.717, 1.165) is 9.47 Å². The van der Waals surface area contributed by atoms with Gasteiger partial charge in [0.25, 0.3) is 0 Å². The van der Waals surface area contributed by atoms with Crippen molar-refractivity contribution < 1.29 is 38.6 Å². The monoisotopic (exact) mass is 476 g/mol. The molecule has 186 valence electrons. The molecule has 0 aliphatic heterocycles. The van der Waals surface area contributed by atoms with Gasteiger partial charge in [-0.05, 0) is 86.6 Å². The Kier molecular flexibility index (Phi) is 7.44. The maximum absolute atomic E-state index is 12.9. The van der Waals surface area contributed by atoms with E-state index in [0.29, 0.717) is 5.39 Å². The number of benzene rings is 1. The van der Waals surface area contributed by atoms with Gasteiger partial charge >= 0.3 is 25.4 Å². The third-order valence-electron chi connectivity index (χ3n) is 4.06. The predicted octanol–water partition coefficient (Wildman–Crippen LogP) is 3.78. The van der Waals surface area contributed by atoms with Gasteiger partial charge in [0.15, 0.2) is 0 Å². The zero-order valence-electron chi connectivity index (χ0n) is 21.1. The number of nitrogens with zero attached hydrogens (tertiary/aromatic N) is 2. The molecule has 2 N–H and O–H groups in total. The van der Waals surface area contributed by atoms with Crippen LogP contribution in [0.15, 0.2) is 24.3 Å². The van der Waals surface area contributed by atoms with Gasteiger partial charge in [0.1, 0.15) is 16.8 Å². The van der Waals surface area contributed by atoms with Gasteiger partial charge in [-0.15, -0.1) is 0 Å². The van der Waals surface area contributed by atoms with Crippen molar-refractivity contribution >= 4 is 47.6 Å². The van der Waals surface area contributed by atoms with E-state index in [9.17, 15) is 24.4 Å². The Labute approximate surface area is 199 Å². The Hall–Kier alpha value is -3.05. The van der Waals surface area contributed by atoms with Crippen LogP contribution in [0.3, 0.4) is 0 Å². The molecule has 0 unspecified atom stereocenters. The largest absolute Gasteiger partial charge is 0.506 e. The molecule has 0 fully saturated rings. The molecule has 1 heterocycles. The summed E-state index contributed by atoms with van der Waals surface area (Å²) < 4.78 is 17.2. The topological polar surface area (TPSA) is 128 Å². The second-order valence-electron chi connectivity index (χ2n) is 10.8. The van der Waals surface area contributed by atoms with Gasteiger partial charge in [-0.3, -0.25) is 4.57 Å². The van der Waals surface area contributed by atoms with Gasteiger partial charge in [-0.25, -0.2) is 14.4 Å². The van der Waals surface area contributed by atoms with Crippen LogP contribution in [0.5, 0.6) is 0 Å². The maximum Gasteiger partial charge on any atom is 0.506 e. The number of aromatic nitrogens is 1. The first-order valence-electron chi connectivity index (χ1n) is 10.8. The first-order chi connectivity index (χ1) is 15.3. The summed E-state index contributed by atoms with van der Waals surface area (Å²) in [5.74, 6) is 0. The third kappa shape index (κ3) is 6.98. The molecular weight excluding hydrogens is 443 g/mol. The van der Waals surface area contributed by atoms with Crippen LogP contribution < -0.4 is 10.5 Å². The van der Waals surface area contributed by atoms with Crippen molar-refractivity contribution in [3.63, 3.8) is 0 Å². The molecule has 11 heteroatoms. The van der Waals surface area contributed by atoms with Gasteiger partial charge in [0.05, 0.1) is 16.8 Å². The fourth-order valence-electron chi connectivity index (χ4n) is 2.97. The quantitative estimate of drug-likeness (QED) is 0.495. The van der Waals surface area contributed by atoms with E-state index in [1.165, 1.54) is 24.3 Å². The highest BCUT2D eigenvalue weighted by molar-refractivity contribution is 6.59. The van der Waals surface area contributed by atoms with E-state index in [2.05, 4.69) is 0 Å². The van der Waals surface area contributed by atoms with Crippen LogP contribution in [0.1, 0.15) is 62.3 Å². The van der Waals surface area contributed by atoms with Gasteiger partial charge in [-0.2, -0.15) is 4.90 Å². The highest BCUT2D eigenvalue weighted by Crippen LogP contribution is 2.27. The molecule has 0 saturated carbocycles. The number of anilines is 1. The molecular formula is C23H33BN2O8. The molecule has 1 aromatic carbocycles. The molecule has 0 aliphatic carbocycles. The average Bonchev–Trinajstić information content (AvgIpc) is 2.96. The van der Waals surface area contributed by atoms with Gasteiger partial charge in [0, 0.05) is 5.39 Å². The number of imide groups is 1. The molecule has 0 spiro atoms. The number of rotatable bonds is 2. The van der Waals surface area contributed by atoms with Crippen LogP contribution in [-0.2, 0) is 14.2 Å². The fraction of sp³-hybridized carbons (Fsp3) is 0.522. The van der Waals surface area contributed by atoms with Crippen LogP contribution in [0, 0.1) is 0 Å². The minimum atomic E-state index is -1.98. The normalized spacial score (nSPS) is 12.3. The van der Waals surface area contributed by atoms with Crippen molar-refractivity contribution in [1.82, 2.24) is 4.57 Å². The second kappa shape index (κ2) is 9.30. The zero-order valence-corrected chi connectivity index (χ0v) is 21.1. The molecule has 0 saturated heterocycles. The summed E-state index contributed by atoms with van der Waals surface area (Å²) in [6.45, 7) is 15.0. The summed E-state index contributed by atoms with van der Waals surface area (Å²) in [6, 6.07) is 5.68. The minimum Gasteiger partial charge on any atom is -0.443 e. The lowest BCUT2D eigenvalue weighted by molar-refractivity contribution is 0.0428. The van der Waals surface area contributed by atoms with Crippen LogP contribution in [0.25, 0.3) is 10.9 Å². The summed E-state index contributed by atoms with van der Waals surface area (Å²) in [6.07, 6.45) is -2.71. The smallest absolute Gasteiger partial charge is 0.443 e. The second-order valence-corrected chi connectivity index (χ2v) is 10.8. The number of carbonyl (C=O) groups is 3. The molecule has 0 bridgehead atoms. The average molecular weight is 476 g/mol. The molecule has 0 radical (unpaired) electrons. The number of hydrogen-bond donors (Lipinski definition) is 2. The number of carbonyl (C=O) groups excluding carboxylic acids is 3. The Balaban J connectivity index is 2.63. The van der Waals surface area contributed by atoms with Crippen molar-refractivity contribution in [1.29, 1.82) is 0 Å². The van der Waals surface area contributed by atoms with Crippen molar-refractivity contribution in [2.75, 3.05) is 4.90 Å². The number of ether oxygens (including phenoxy) is 3. The minimum absolute atomic E-state index is 0.108. The van der Waals surface area contributed by atoms with Crippen molar-refractivity contribution in [2.45, 2.75) is 79.1 Å². The first-order valence-corrected chi connectivity index (χ1v) is 10.8. The number of amides is 2. The van der Waals surface area contributed by atoms with E-state index >= 15 is 0 Å². The summed E-state index contributed by atoms with van der Waals surface area (Å²) >= 11 is 0. The van der Waals surface area contributed by atoms with E-state index in [-0.39, 0.29) is 16.8 Å². The molecule has 2 aromatic rings. The van der Waals surface area contributed by atoms with Crippen LogP contribution in [0.2, 0.25) is 0 Å². The highest BCUT2D eigenvalue weighted by Gasteiger charge is 2.34. The fourth-order valence-corrected chi connectivity index (χ4v) is 2.97. The Morgan fingerprint density at radius 1 is 0.794 bits per heavy atom. The molecule has 2 rings (SSSR count). The molecule has 1 aromatic heterocycles. The van der Waals surface area contributed by atoms with Gasteiger partial charge in [-0.1, -0.05) is 0 Å². The molecule has 10 nitrogen and oxygen atoms in total. The van der Waals surface area contributed by atoms with Gasteiger partial charge < -0.3 is 24.3 Å². The van der Waals surface area contributed by atoms with Crippen LogP contribution in [-0.4, -0.2) is 56.8 Å². The Morgan fingerprint density at radius 3 is 1.68 bits per heavy atom. The lowest BCUT2D eigenvalue weighted by atomic mass is 9.86.